The number of hydrogen-bond acceptors (Lipinski definition) is 2. The van der Waals surface area contributed by atoms with Crippen LogP contribution >= 0.6 is 0 Å². The molecule has 2 heterocycles. The van der Waals surface area contributed by atoms with Crippen LogP contribution < -0.4 is 0 Å². The molecule has 0 atom stereocenters. The quantitative estimate of drug-likeness (QED) is 0.809. The van der Waals surface area contributed by atoms with Crippen molar-refractivity contribution in [3.8, 4) is 5.75 Å². The minimum atomic E-state index is 0.333. The van der Waals surface area contributed by atoms with E-state index in [-0.39, 0.29) is 0 Å². The fourth-order valence-electron chi connectivity index (χ4n) is 2.45. The van der Waals surface area contributed by atoms with E-state index in [1.54, 1.807) is 12.1 Å². The van der Waals surface area contributed by atoms with E-state index >= 15 is 0 Å². The van der Waals surface area contributed by atoms with Gasteiger partial charge >= 0.3 is 0 Å². The second-order valence-electron chi connectivity index (χ2n) is 4.55. The molecule has 1 saturated heterocycles. The highest BCUT2D eigenvalue weighted by atomic mass is 16.3. The molecule has 0 radical (unpaired) electrons. The fourth-order valence-corrected chi connectivity index (χ4v) is 2.45. The summed E-state index contributed by atoms with van der Waals surface area (Å²) in [5.41, 5.74) is 2.34. The molecule has 3 heteroatoms. The number of phenolic OH excluding ortho intramolecular Hbond substituents is 1. The molecule has 2 aromatic rings. The third kappa shape index (κ3) is 1.78. The number of H-pyrrole nitrogens is 1. The van der Waals surface area contributed by atoms with Gasteiger partial charge in [-0.2, -0.15) is 0 Å². The summed E-state index contributed by atoms with van der Waals surface area (Å²) in [6.07, 6.45) is 2.64. The number of rotatable bonds is 2. The van der Waals surface area contributed by atoms with Gasteiger partial charge in [-0.05, 0) is 50.2 Å². The molecule has 1 aromatic carbocycles. The van der Waals surface area contributed by atoms with Crippen LogP contribution in [0.4, 0.5) is 0 Å². The van der Waals surface area contributed by atoms with Gasteiger partial charge in [0.1, 0.15) is 5.75 Å². The van der Waals surface area contributed by atoms with Crippen molar-refractivity contribution in [2.24, 2.45) is 0 Å². The smallest absolute Gasteiger partial charge is 0.116 e. The normalized spacial score (nSPS) is 17.2. The number of aromatic hydroxyl groups is 1. The third-order valence-electron chi connectivity index (χ3n) is 3.25. The first kappa shape index (κ1) is 9.73. The molecule has 1 aliphatic rings. The average Bonchev–Trinajstić information content (AvgIpc) is 2.86. The lowest BCUT2D eigenvalue weighted by Gasteiger charge is -2.12. The Labute approximate surface area is 94.7 Å². The Bertz CT molecular complexity index is 498. The Morgan fingerprint density at radius 1 is 1.19 bits per heavy atom. The van der Waals surface area contributed by atoms with E-state index in [0.717, 1.165) is 17.4 Å². The predicted octanol–water partition coefficient (Wildman–Crippen LogP) is 2.47. The number of hydrogen-bond donors (Lipinski definition) is 2. The van der Waals surface area contributed by atoms with Gasteiger partial charge in [-0.1, -0.05) is 0 Å². The second-order valence-corrected chi connectivity index (χ2v) is 4.55. The minimum absolute atomic E-state index is 0.333. The van der Waals surface area contributed by atoms with Crippen molar-refractivity contribution >= 4 is 10.9 Å². The molecular formula is C13H16N2O. The maximum Gasteiger partial charge on any atom is 0.116 e. The lowest BCUT2D eigenvalue weighted by molar-refractivity contribution is 0.328. The first-order valence-electron chi connectivity index (χ1n) is 5.84. The molecule has 1 fully saturated rings. The van der Waals surface area contributed by atoms with E-state index in [9.17, 15) is 5.11 Å². The molecule has 0 saturated carbocycles. The van der Waals surface area contributed by atoms with Crippen molar-refractivity contribution in [2.75, 3.05) is 13.1 Å². The Morgan fingerprint density at radius 2 is 2.00 bits per heavy atom. The lowest BCUT2D eigenvalue weighted by Crippen LogP contribution is -2.18. The molecule has 2 N–H and O–H groups in total. The molecule has 0 unspecified atom stereocenters. The van der Waals surface area contributed by atoms with E-state index < -0.39 is 0 Å². The van der Waals surface area contributed by atoms with Crippen LogP contribution in [0, 0.1) is 0 Å². The van der Waals surface area contributed by atoms with Crippen LogP contribution in [0.3, 0.4) is 0 Å². The van der Waals surface area contributed by atoms with E-state index in [0.29, 0.717) is 5.75 Å². The van der Waals surface area contributed by atoms with Crippen LogP contribution in [0.15, 0.2) is 24.3 Å². The fraction of sp³-hybridized carbons (Fsp3) is 0.385. The Balaban J connectivity index is 1.86. The number of benzene rings is 1. The maximum absolute atomic E-state index is 9.40. The predicted molar refractivity (Wildman–Crippen MR) is 64.5 cm³/mol. The van der Waals surface area contributed by atoms with Gasteiger partial charge in [-0.15, -0.1) is 0 Å². The zero-order valence-electron chi connectivity index (χ0n) is 9.24. The average molecular weight is 216 g/mol. The summed E-state index contributed by atoms with van der Waals surface area (Å²) in [5, 5.41) is 10.5. The van der Waals surface area contributed by atoms with Crippen molar-refractivity contribution in [3.63, 3.8) is 0 Å². The van der Waals surface area contributed by atoms with Crippen LogP contribution in [0.5, 0.6) is 5.75 Å². The summed E-state index contributed by atoms with van der Waals surface area (Å²) in [4.78, 5) is 5.86. The highest BCUT2D eigenvalue weighted by Crippen LogP contribution is 2.22. The summed E-state index contributed by atoms with van der Waals surface area (Å²) in [6, 6.07) is 7.59. The van der Waals surface area contributed by atoms with Crippen molar-refractivity contribution < 1.29 is 5.11 Å². The highest BCUT2D eigenvalue weighted by molar-refractivity contribution is 5.81. The van der Waals surface area contributed by atoms with E-state index in [1.807, 2.05) is 6.07 Å². The summed E-state index contributed by atoms with van der Waals surface area (Å²) >= 11 is 0. The molecule has 1 aromatic heterocycles. The third-order valence-corrected chi connectivity index (χ3v) is 3.25. The molecule has 0 aliphatic carbocycles. The molecule has 84 valence electrons. The molecule has 0 spiro atoms. The highest BCUT2D eigenvalue weighted by Gasteiger charge is 2.12. The van der Waals surface area contributed by atoms with E-state index in [1.165, 1.54) is 31.6 Å². The second kappa shape index (κ2) is 3.83. The number of aromatic amines is 1. The van der Waals surface area contributed by atoms with Gasteiger partial charge in [0.05, 0.1) is 0 Å². The number of aromatic nitrogens is 1. The molecule has 0 amide bonds. The topological polar surface area (TPSA) is 39.3 Å². The van der Waals surface area contributed by atoms with Gasteiger partial charge in [-0.3, -0.25) is 4.90 Å². The number of nitrogens with zero attached hydrogens (tertiary/aromatic N) is 1. The summed E-state index contributed by atoms with van der Waals surface area (Å²) in [6.45, 7) is 3.41. The van der Waals surface area contributed by atoms with Crippen molar-refractivity contribution in [1.82, 2.24) is 9.88 Å². The summed E-state index contributed by atoms with van der Waals surface area (Å²) in [7, 11) is 0. The number of nitrogens with one attached hydrogen (secondary N) is 1. The standard InChI is InChI=1S/C13H16N2O/c16-12-3-4-13-10(8-12)7-11(14-13)9-15-5-1-2-6-15/h3-4,7-8,14,16H,1-2,5-6,9H2. The van der Waals surface area contributed by atoms with Gasteiger partial charge in [0.2, 0.25) is 0 Å². The number of likely N-dealkylation sites (tertiary alicyclic amines) is 1. The summed E-state index contributed by atoms with van der Waals surface area (Å²) in [5.74, 6) is 0.333. The van der Waals surface area contributed by atoms with Gasteiger partial charge in [-0.25, -0.2) is 0 Å². The van der Waals surface area contributed by atoms with Gasteiger partial charge in [0, 0.05) is 23.1 Å². The Morgan fingerprint density at radius 3 is 2.81 bits per heavy atom. The molecular weight excluding hydrogens is 200 g/mol. The van der Waals surface area contributed by atoms with Crippen LogP contribution in [-0.4, -0.2) is 28.1 Å². The van der Waals surface area contributed by atoms with Crippen LogP contribution in [0.2, 0.25) is 0 Å². The molecule has 3 rings (SSSR count). The number of phenols is 1. The van der Waals surface area contributed by atoms with E-state index in [4.69, 9.17) is 0 Å². The largest absolute Gasteiger partial charge is 0.508 e. The van der Waals surface area contributed by atoms with Gasteiger partial charge < -0.3 is 10.1 Å². The van der Waals surface area contributed by atoms with E-state index in [2.05, 4.69) is 16.0 Å². The van der Waals surface area contributed by atoms with Crippen molar-refractivity contribution in [3.05, 3.63) is 30.0 Å². The van der Waals surface area contributed by atoms with Gasteiger partial charge in [0.25, 0.3) is 0 Å². The minimum Gasteiger partial charge on any atom is -0.508 e. The van der Waals surface area contributed by atoms with Crippen LogP contribution in [0.25, 0.3) is 10.9 Å². The van der Waals surface area contributed by atoms with Crippen LogP contribution in [0.1, 0.15) is 18.5 Å². The zero-order chi connectivity index (χ0) is 11.0. The Hall–Kier alpha value is -1.48. The first-order chi connectivity index (χ1) is 7.81. The summed E-state index contributed by atoms with van der Waals surface area (Å²) < 4.78 is 0. The SMILES string of the molecule is Oc1ccc2[nH]c(CN3CCCC3)cc2c1. The molecule has 16 heavy (non-hydrogen) atoms. The Kier molecular flexibility index (Phi) is 2.33. The molecule has 1 aliphatic heterocycles. The monoisotopic (exact) mass is 216 g/mol. The van der Waals surface area contributed by atoms with Gasteiger partial charge in [0.15, 0.2) is 0 Å². The maximum atomic E-state index is 9.40. The number of fused-ring (bicyclic) bond motifs is 1. The molecule has 3 nitrogen and oxygen atoms in total. The van der Waals surface area contributed by atoms with Crippen LogP contribution in [-0.2, 0) is 6.54 Å². The zero-order valence-corrected chi connectivity index (χ0v) is 9.24. The van der Waals surface area contributed by atoms with Crippen molar-refractivity contribution in [2.45, 2.75) is 19.4 Å². The lowest BCUT2D eigenvalue weighted by atomic mass is 10.2. The van der Waals surface area contributed by atoms with Crippen molar-refractivity contribution in [1.29, 1.82) is 0 Å². The molecule has 0 bridgehead atoms. The first-order valence-corrected chi connectivity index (χ1v) is 5.84.